The SMILES string of the molecule is CCC(CC)C(=O)N1CCc2nc(NC(C)=O)sc2C1. The number of nitrogens with one attached hydrogen (secondary N) is 1. The minimum Gasteiger partial charge on any atom is -0.337 e. The van der Waals surface area contributed by atoms with Crippen LogP contribution in [0.1, 0.15) is 44.2 Å². The molecule has 0 aliphatic carbocycles. The number of aromatic nitrogens is 1. The third kappa shape index (κ3) is 3.17. The highest BCUT2D eigenvalue weighted by atomic mass is 32.1. The largest absolute Gasteiger partial charge is 0.337 e. The summed E-state index contributed by atoms with van der Waals surface area (Å²) in [6, 6.07) is 0. The Kier molecular flexibility index (Phi) is 4.75. The van der Waals surface area contributed by atoms with Gasteiger partial charge in [-0.05, 0) is 12.8 Å². The van der Waals surface area contributed by atoms with Gasteiger partial charge >= 0.3 is 0 Å². The predicted molar refractivity (Wildman–Crippen MR) is 79.6 cm³/mol. The van der Waals surface area contributed by atoms with Crippen molar-refractivity contribution >= 4 is 28.3 Å². The summed E-state index contributed by atoms with van der Waals surface area (Å²) in [6.07, 6.45) is 2.55. The van der Waals surface area contributed by atoms with Crippen LogP contribution < -0.4 is 5.32 Å². The number of fused-ring (bicyclic) bond motifs is 1. The van der Waals surface area contributed by atoms with E-state index in [1.807, 2.05) is 4.90 Å². The molecular formula is C14H21N3O2S. The lowest BCUT2D eigenvalue weighted by Gasteiger charge is -2.29. The maximum atomic E-state index is 12.4. The Morgan fingerprint density at radius 2 is 2.10 bits per heavy atom. The Balaban J connectivity index is 2.08. The van der Waals surface area contributed by atoms with Gasteiger partial charge in [-0.1, -0.05) is 25.2 Å². The Hall–Kier alpha value is -1.43. The number of anilines is 1. The molecule has 0 saturated carbocycles. The molecule has 1 aliphatic heterocycles. The summed E-state index contributed by atoms with van der Waals surface area (Å²) in [5.74, 6) is 0.260. The van der Waals surface area contributed by atoms with Crippen molar-refractivity contribution in [2.45, 2.75) is 46.6 Å². The summed E-state index contributed by atoms with van der Waals surface area (Å²) in [7, 11) is 0. The number of rotatable bonds is 4. The molecule has 20 heavy (non-hydrogen) atoms. The maximum absolute atomic E-state index is 12.4. The van der Waals surface area contributed by atoms with Gasteiger partial charge in [0, 0.05) is 30.7 Å². The molecule has 1 aromatic heterocycles. The van der Waals surface area contributed by atoms with E-state index in [4.69, 9.17) is 0 Å². The maximum Gasteiger partial charge on any atom is 0.225 e. The van der Waals surface area contributed by atoms with Crippen LogP contribution in [0.5, 0.6) is 0 Å². The molecule has 0 bridgehead atoms. The first-order valence-corrected chi connectivity index (χ1v) is 7.91. The third-order valence-electron chi connectivity index (χ3n) is 3.66. The van der Waals surface area contributed by atoms with Crippen molar-refractivity contribution in [1.29, 1.82) is 0 Å². The summed E-state index contributed by atoms with van der Waals surface area (Å²) < 4.78 is 0. The molecule has 0 aromatic carbocycles. The van der Waals surface area contributed by atoms with Crippen LogP contribution in [-0.2, 0) is 22.6 Å². The van der Waals surface area contributed by atoms with Gasteiger partial charge in [0.2, 0.25) is 11.8 Å². The second-order valence-electron chi connectivity index (χ2n) is 5.09. The zero-order valence-corrected chi connectivity index (χ0v) is 13.0. The standard InChI is InChI=1S/C14H21N3O2S/c1-4-10(5-2)13(19)17-7-6-11-12(8-17)20-14(16-11)15-9(3)18/h10H,4-8H2,1-3H3,(H,15,16,18). The molecule has 0 spiro atoms. The molecule has 0 fully saturated rings. The molecule has 0 radical (unpaired) electrons. The molecule has 6 heteroatoms. The van der Waals surface area contributed by atoms with E-state index in [9.17, 15) is 9.59 Å². The Morgan fingerprint density at radius 1 is 1.40 bits per heavy atom. The second-order valence-corrected chi connectivity index (χ2v) is 6.18. The zero-order valence-electron chi connectivity index (χ0n) is 12.2. The molecule has 1 N–H and O–H groups in total. The van der Waals surface area contributed by atoms with Gasteiger partial charge in [-0.15, -0.1) is 0 Å². The number of nitrogens with zero attached hydrogens (tertiary/aromatic N) is 2. The lowest BCUT2D eigenvalue weighted by atomic mass is 10.0. The minimum atomic E-state index is -0.110. The lowest BCUT2D eigenvalue weighted by molar-refractivity contribution is -0.136. The summed E-state index contributed by atoms with van der Waals surface area (Å²) in [5, 5.41) is 3.35. The van der Waals surface area contributed by atoms with Gasteiger partial charge < -0.3 is 10.2 Å². The van der Waals surface area contributed by atoms with Gasteiger partial charge in [-0.25, -0.2) is 4.98 Å². The number of hydrogen-bond acceptors (Lipinski definition) is 4. The number of carbonyl (C=O) groups excluding carboxylic acids is 2. The van der Waals surface area contributed by atoms with Gasteiger partial charge in [0.25, 0.3) is 0 Å². The average molecular weight is 295 g/mol. The summed E-state index contributed by atoms with van der Waals surface area (Å²) in [5.41, 5.74) is 1.02. The zero-order chi connectivity index (χ0) is 14.7. The van der Waals surface area contributed by atoms with Crippen molar-refractivity contribution in [1.82, 2.24) is 9.88 Å². The smallest absolute Gasteiger partial charge is 0.225 e. The molecule has 0 saturated heterocycles. The molecular weight excluding hydrogens is 274 g/mol. The van der Waals surface area contributed by atoms with Crippen LogP contribution in [0.15, 0.2) is 0 Å². The van der Waals surface area contributed by atoms with Crippen LogP contribution in [0.3, 0.4) is 0 Å². The van der Waals surface area contributed by atoms with Gasteiger partial charge in [0.15, 0.2) is 5.13 Å². The molecule has 0 unspecified atom stereocenters. The summed E-state index contributed by atoms with van der Waals surface area (Å²) in [6.45, 7) is 6.95. The van der Waals surface area contributed by atoms with E-state index < -0.39 is 0 Å². The first-order chi connectivity index (χ1) is 9.55. The summed E-state index contributed by atoms with van der Waals surface area (Å²) in [4.78, 5) is 30.9. The van der Waals surface area contributed by atoms with Crippen molar-refractivity contribution < 1.29 is 9.59 Å². The van der Waals surface area contributed by atoms with Crippen molar-refractivity contribution in [3.63, 3.8) is 0 Å². The summed E-state index contributed by atoms with van der Waals surface area (Å²) >= 11 is 1.47. The van der Waals surface area contributed by atoms with Crippen molar-refractivity contribution in [3.05, 3.63) is 10.6 Å². The van der Waals surface area contributed by atoms with E-state index in [-0.39, 0.29) is 17.7 Å². The van der Waals surface area contributed by atoms with Crippen LogP contribution in [0.4, 0.5) is 5.13 Å². The molecule has 1 aromatic rings. The highest BCUT2D eigenvalue weighted by Crippen LogP contribution is 2.29. The number of amides is 2. The average Bonchev–Trinajstić information content (AvgIpc) is 2.79. The van der Waals surface area contributed by atoms with E-state index >= 15 is 0 Å². The first-order valence-electron chi connectivity index (χ1n) is 7.10. The topological polar surface area (TPSA) is 62.3 Å². The molecule has 1 aliphatic rings. The molecule has 0 atom stereocenters. The third-order valence-corrected chi connectivity index (χ3v) is 4.66. The van der Waals surface area contributed by atoms with Gasteiger partial charge in [0.1, 0.15) is 0 Å². The minimum absolute atomic E-state index is 0.110. The number of carbonyl (C=O) groups is 2. The van der Waals surface area contributed by atoms with Crippen LogP contribution in [0.25, 0.3) is 0 Å². The van der Waals surface area contributed by atoms with Crippen LogP contribution in [-0.4, -0.2) is 28.2 Å². The molecule has 110 valence electrons. The van der Waals surface area contributed by atoms with Gasteiger partial charge in [0.05, 0.1) is 12.2 Å². The fourth-order valence-corrected chi connectivity index (χ4v) is 3.55. The van der Waals surface area contributed by atoms with Crippen molar-refractivity contribution in [3.8, 4) is 0 Å². The highest BCUT2D eigenvalue weighted by Gasteiger charge is 2.27. The molecule has 2 heterocycles. The molecule has 2 rings (SSSR count). The van der Waals surface area contributed by atoms with E-state index in [1.165, 1.54) is 18.3 Å². The van der Waals surface area contributed by atoms with Crippen molar-refractivity contribution in [2.75, 3.05) is 11.9 Å². The lowest BCUT2D eigenvalue weighted by Crippen LogP contribution is -2.39. The van der Waals surface area contributed by atoms with E-state index in [0.717, 1.165) is 36.4 Å². The van der Waals surface area contributed by atoms with E-state index in [0.29, 0.717) is 11.7 Å². The van der Waals surface area contributed by atoms with Crippen LogP contribution in [0.2, 0.25) is 0 Å². The Morgan fingerprint density at radius 3 is 2.70 bits per heavy atom. The Bertz CT molecular complexity index is 509. The molecule has 2 amide bonds. The Labute approximate surface area is 123 Å². The van der Waals surface area contributed by atoms with E-state index in [2.05, 4.69) is 24.1 Å². The van der Waals surface area contributed by atoms with Crippen molar-refractivity contribution in [2.24, 2.45) is 5.92 Å². The number of hydrogen-bond donors (Lipinski definition) is 1. The monoisotopic (exact) mass is 295 g/mol. The van der Waals surface area contributed by atoms with Gasteiger partial charge in [-0.3, -0.25) is 9.59 Å². The number of thiazole rings is 1. The van der Waals surface area contributed by atoms with Gasteiger partial charge in [-0.2, -0.15) is 0 Å². The fraction of sp³-hybridized carbons (Fsp3) is 0.643. The first kappa shape index (κ1) is 15.0. The van der Waals surface area contributed by atoms with Crippen LogP contribution in [0, 0.1) is 5.92 Å². The highest BCUT2D eigenvalue weighted by molar-refractivity contribution is 7.15. The normalized spacial score (nSPS) is 14.3. The molecule has 5 nitrogen and oxygen atoms in total. The van der Waals surface area contributed by atoms with Crippen LogP contribution >= 0.6 is 11.3 Å². The second kappa shape index (κ2) is 6.35. The quantitative estimate of drug-likeness (QED) is 0.928. The fourth-order valence-electron chi connectivity index (χ4n) is 2.48. The predicted octanol–water partition coefficient (Wildman–Crippen LogP) is 2.42. The van der Waals surface area contributed by atoms with E-state index in [1.54, 1.807) is 0 Å².